The summed E-state index contributed by atoms with van der Waals surface area (Å²) in [6, 6.07) is 2.76. The van der Waals surface area contributed by atoms with Gasteiger partial charge >= 0.3 is 0 Å². The molecule has 1 N–H and O–H groups in total. The molecule has 0 unspecified atom stereocenters. The second-order valence-corrected chi connectivity index (χ2v) is 4.09. The van der Waals surface area contributed by atoms with E-state index in [1.54, 1.807) is 0 Å². The van der Waals surface area contributed by atoms with E-state index < -0.39 is 0 Å². The maximum Gasteiger partial charge on any atom is 0.167 e. The molecule has 2 rings (SSSR count). The first kappa shape index (κ1) is 10.9. The van der Waals surface area contributed by atoms with Crippen molar-refractivity contribution >= 4 is 5.82 Å². The average Bonchev–Trinajstić information content (AvgIpc) is 3.12. The fraction of sp³-hybridized carbons (Fsp3) is 0.583. The first-order chi connectivity index (χ1) is 7.80. The molecule has 1 aliphatic rings. The van der Waals surface area contributed by atoms with Crippen molar-refractivity contribution in [2.75, 3.05) is 5.32 Å². The largest absolute Gasteiger partial charge is 0.365 e. The maximum absolute atomic E-state index is 9.23. The molecule has 1 heterocycles. The van der Waals surface area contributed by atoms with Gasteiger partial charge in [-0.15, -0.1) is 5.10 Å². The van der Waals surface area contributed by atoms with Gasteiger partial charge in [0.25, 0.3) is 0 Å². The molecule has 0 aliphatic heterocycles. The minimum absolute atomic E-state index is 0.499. The van der Waals surface area contributed by atoms with Crippen LogP contribution < -0.4 is 5.32 Å². The van der Waals surface area contributed by atoms with Crippen LogP contribution in [0.5, 0.6) is 0 Å². The highest BCUT2D eigenvalue weighted by molar-refractivity contribution is 5.57. The van der Waals surface area contributed by atoms with E-state index in [9.17, 15) is 5.26 Å². The normalized spacial score (nSPS) is 14.6. The molecular formula is C12H16N4. The molecule has 0 bridgehead atoms. The molecule has 1 aliphatic carbocycles. The molecule has 0 saturated heterocycles. The molecular weight excluding hydrogens is 200 g/mol. The minimum Gasteiger partial charge on any atom is -0.365 e. The Morgan fingerprint density at radius 1 is 1.31 bits per heavy atom. The Hall–Kier alpha value is -1.63. The summed E-state index contributed by atoms with van der Waals surface area (Å²) in [5.74, 6) is 0.666. The fourth-order valence-electron chi connectivity index (χ4n) is 1.82. The lowest BCUT2D eigenvalue weighted by Crippen LogP contribution is -2.11. The van der Waals surface area contributed by atoms with Crippen molar-refractivity contribution in [1.82, 2.24) is 10.2 Å². The van der Waals surface area contributed by atoms with E-state index in [-0.39, 0.29) is 0 Å². The van der Waals surface area contributed by atoms with Crippen LogP contribution in [0.4, 0.5) is 5.82 Å². The van der Waals surface area contributed by atoms with Crippen LogP contribution in [0.1, 0.15) is 43.5 Å². The minimum atomic E-state index is 0.499. The van der Waals surface area contributed by atoms with Gasteiger partial charge in [0, 0.05) is 6.04 Å². The van der Waals surface area contributed by atoms with Crippen molar-refractivity contribution in [3.05, 3.63) is 16.8 Å². The van der Waals surface area contributed by atoms with Gasteiger partial charge in [0.05, 0.1) is 5.69 Å². The molecule has 1 fully saturated rings. The van der Waals surface area contributed by atoms with Crippen LogP contribution in [0.15, 0.2) is 0 Å². The first-order valence-corrected chi connectivity index (χ1v) is 5.85. The Bertz CT molecular complexity index is 429. The molecule has 4 heteroatoms. The molecule has 0 radical (unpaired) electrons. The lowest BCUT2D eigenvalue weighted by atomic mass is 10.0. The summed E-state index contributed by atoms with van der Waals surface area (Å²) in [5, 5.41) is 20.8. The predicted octanol–water partition coefficient (Wildman–Crippen LogP) is 2.05. The Morgan fingerprint density at radius 3 is 2.56 bits per heavy atom. The first-order valence-electron chi connectivity index (χ1n) is 5.85. The van der Waals surface area contributed by atoms with Gasteiger partial charge in [0.1, 0.15) is 11.6 Å². The molecule has 1 saturated carbocycles. The van der Waals surface area contributed by atoms with Crippen molar-refractivity contribution in [2.45, 2.75) is 45.6 Å². The lowest BCUT2D eigenvalue weighted by molar-refractivity contribution is 0.868. The van der Waals surface area contributed by atoms with Crippen LogP contribution >= 0.6 is 0 Å². The number of hydrogen-bond acceptors (Lipinski definition) is 4. The molecule has 16 heavy (non-hydrogen) atoms. The second kappa shape index (κ2) is 4.48. The summed E-state index contributed by atoms with van der Waals surface area (Å²) < 4.78 is 0. The monoisotopic (exact) mass is 216 g/mol. The third kappa shape index (κ3) is 1.99. The maximum atomic E-state index is 9.23. The van der Waals surface area contributed by atoms with Crippen LogP contribution in [0.3, 0.4) is 0 Å². The van der Waals surface area contributed by atoms with Crippen LogP contribution in [0.2, 0.25) is 0 Å². The number of aryl methyl sites for hydroxylation is 1. The number of rotatable bonds is 4. The van der Waals surface area contributed by atoms with Gasteiger partial charge in [0.2, 0.25) is 0 Å². The number of anilines is 1. The third-order valence-corrected chi connectivity index (χ3v) is 2.88. The predicted molar refractivity (Wildman–Crippen MR) is 62.1 cm³/mol. The van der Waals surface area contributed by atoms with E-state index in [0.29, 0.717) is 17.4 Å². The molecule has 0 amide bonds. The van der Waals surface area contributed by atoms with Gasteiger partial charge < -0.3 is 5.32 Å². The smallest absolute Gasteiger partial charge is 0.167 e. The van der Waals surface area contributed by atoms with Crippen molar-refractivity contribution in [3.8, 4) is 6.07 Å². The van der Waals surface area contributed by atoms with Crippen molar-refractivity contribution in [1.29, 1.82) is 5.26 Å². The van der Waals surface area contributed by atoms with Gasteiger partial charge in [-0.1, -0.05) is 13.8 Å². The zero-order valence-electron chi connectivity index (χ0n) is 9.75. The molecule has 0 spiro atoms. The summed E-state index contributed by atoms with van der Waals surface area (Å²) in [7, 11) is 0. The van der Waals surface area contributed by atoms with E-state index >= 15 is 0 Å². The van der Waals surface area contributed by atoms with E-state index in [1.165, 1.54) is 12.8 Å². The van der Waals surface area contributed by atoms with Gasteiger partial charge in [0.15, 0.2) is 5.82 Å². The Morgan fingerprint density at radius 2 is 2.06 bits per heavy atom. The highest BCUT2D eigenvalue weighted by Gasteiger charge is 2.24. The second-order valence-electron chi connectivity index (χ2n) is 4.09. The number of nitrogens with zero attached hydrogens (tertiary/aromatic N) is 3. The van der Waals surface area contributed by atoms with E-state index in [2.05, 4.69) is 28.5 Å². The van der Waals surface area contributed by atoms with Crippen LogP contribution in [0.25, 0.3) is 0 Å². The lowest BCUT2D eigenvalue weighted by Gasteiger charge is -2.11. The summed E-state index contributed by atoms with van der Waals surface area (Å²) in [5.41, 5.74) is 2.67. The van der Waals surface area contributed by atoms with Crippen molar-refractivity contribution < 1.29 is 0 Å². The Kier molecular flexibility index (Phi) is 3.04. The Balaban J connectivity index is 2.41. The van der Waals surface area contributed by atoms with Gasteiger partial charge in [-0.3, -0.25) is 0 Å². The highest BCUT2D eigenvalue weighted by Crippen LogP contribution is 2.27. The summed E-state index contributed by atoms with van der Waals surface area (Å²) in [6.07, 6.45) is 4.00. The van der Waals surface area contributed by atoms with Crippen LogP contribution in [-0.2, 0) is 12.8 Å². The number of aromatic nitrogens is 2. The van der Waals surface area contributed by atoms with E-state index in [0.717, 1.165) is 24.1 Å². The third-order valence-electron chi connectivity index (χ3n) is 2.88. The molecule has 1 aromatic heterocycles. The van der Waals surface area contributed by atoms with Gasteiger partial charge in [-0.2, -0.15) is 10.4 Å². The zero-order valence-corrected chi connectivity index (χ0v) is 9.75. The van der Waals surface area contributed by atoms with Gasteiger partial charge in [-0.25, -0.2) is 0 Å². The van der Waals surface area contributed by atoms with Crippen molar-refractivity contribution in [2.24, 2.45) is 0 Å². The van der Waals surface area contributed by atoms with E-state index in [1.807, 2.05) is 6.92 Å². The standard InChI is InChI=1S/C12H16N4/c1-3-9-10(7-13)12(14-8-5-6-8)16-15-11(9)4-2/h8H,3-6H2,1-2H3,(H,14,16). The van der Waals surface area contributed by atoms with Crippen molar-refractivity contribution in [3.63, 3.8) is 0 Å². The van der Waals surface area contributed by atoms with Crippen LogP contribution in [0, 0.1) is 11.3 Å². The molecule has 0 atom stereocenters. The SMILES string of the molecule is CCc1nnc(NC2CC2)c(C#N)c1CC. The quantitative estimate of drug-likeness (QED) is 0.836. The zero-order chi connectivity index (χ0) is 11.5. The molecule has 1 aromatic rings. The summed E-state index contributed by atoms with van der Waals surface area (Å²) in [4.78, 5) is 0. The van der Waals surface area contributed by atoms with Gasteiger partial charge in [-0.05, 0) is 31.2 Å². The van der Waals surface area contributed by atoms with E-state index in [4.69, 9.17) is 0 Å². The molecule has 0 aromatic carbocycles. The number of hydrogen-bond donors (Lipinski definition) is 1. The summed E-state index contributed by atoms with van der Waals surface area (Å²) in [6.45, 7) is 4.09. The summed E-state index contributed by atoms with van der Waals surface area (Å²) >= 11 is 0. The fourth-order valence-corrected chi connectivity index (χ4v) is 1.82. The number of nitrogens with one attached hydrogen (secondary N) is 1. The number of nitriles is 1. The topological polar surface area (TPSA) is 61.6 Å². The Labute approximate surface area is 95.7 Å². The molecule has 4 nitrogen and oxygen atoms in total. The van der Waals surface area contributed by atoms with Crippen LogP contribution in [-0.4, -0.2) is 16.2 Å². The average molecular weight is 216 g/mol. The highest BCUT2D eigenvalue weighted by atomic mass is 15.2. The molecule has 84 valence electrons.